The Balaban J connectivity index is 2.20. The van der Waals surface area contributed by atoms with E-state index in [0.29, 0.717) is 0 Å². The Bertz CT molecular complexity index is 751. The van der Waals surface area contributed by atoms with Crippen LogP contribution in [-0.2, 0) is 19.5 Å². The van der Waals surface area contributed by atoms with Crippen molar-refractivity contribution in [2.24, 2.45) is 0 Å². The zero-order valence-corrected chi connectivity index (χ0v) is 34.5. The molecule has 0 aliphatic rings. The Labute approximate surface area is 310 Å². The molecule has 0 aromatic carbocycles. The Hall–Kier alpha value is -0.790. The van der Waals surface area contributed by atoms with E-state index in [9.17, 15) is 0 Å². The van der Waals surface area contributed by atoms with Gasteiger partial charge in [0.1, 0.15) is 12.4 Å². The fraction of sp³-hybridized carbons (Fsp3) is 0.936. The van der Waals surface area contributed by atoms with Crippen molar-refractivity contribution in [3.05, 3.63) is 18.2 Å². The Morgan fingerprint density at radius 1 is 0.347 bits per heavy atom. The van der Waals surface area contributed by atoms with Crippen molar-refractivity contribution in [2.45, 2.75) is 284 Å². The number of aromatic nitrogens is 2. The highest BCUT2D eigenvalue weighted by molar-refractivity contribution is 4.84. The summed E-state index contributed by atoms with van der Waals surface area (Å²) in [4.78, 5) is 0. The molecule has 0 fully saturated rings. The molecule has 0 atom stereocenters. The topological polar surface area (TPSA) is 8.81 Å². The van der Waals surface area contributed by atoms with Gasteiger partial charge in [0.15, 0.2) is 0 Å². The molecule has 1 aromatic heterocycles. The van der Waals surface area contributed by atoms with Crippen LogP contribution < -0.4 is 4.57 Å². The molecule has 0 saturated heterocycles. The summed E-state index contributed by atoms with van der Waals surface area (Å²) in [5, 5.41) is 0. The molecule has 0 unspecified atom stereocenters. The molecule has 0 amide bonds. The zero-order valence-electron chi connectivity index (χ0n) is 34.5. The monoisotopic (exact) mass is 686 g/mol. The third kappa shape index (κ3) is 30.5. The van der Waals surface area contributed by atoms with Gasteiger partial charge in [-0.05, 0) is 32.1 Å². The van der Waals surface area contributed by atoms with Gasteiger partial charge in [-0.1, -0.05) is 233 Å². The van der Waals surface area contributed by atoms with Crippen LogP contribution in [0.2, 0.25) is 0 Å². The molecule has 0 N–H and O–H groups in total. The normalized spacial score (nSPS) is 11.7. The van der Waals surface area contributed by atoms with E-state index in [0.717, 1.165) is 0 Å². The van der Waals surface area contributed by atoms with Gasteiger partial charge in [0, 0.05) is 6.42 Å². The molecule has 0 aliphatic heterocycles. The van der Waals surface area contributed by atoms with Crippen molar-refractivity contribution in [3.8, 4) is 0 Å². The molecule has 49 heavy (non-hydrogen) atoms. The van der Waals surface area contributed by atoms with E-state index in [1.54, 1.807) is 5.82 Å². The standard InChI is InChI=1S/C47H93N2/c1-4-7-10-13-16-18-20-22-24-25-26-27-29-31-33-36-39-42-47-48(43-40-37-34-15-12-9-6-3)45-46-49(47)44-41-38-35-32-30-28-23-21-19-17-14-11-8-5-2/h45-46H,4-44H2,1-3H3/q+1. The quantitative estimate of drug-likeness (QED) is 0.0479. The Morgan fingerprint density at radius 3 is 0.980 bits per heavy atom. The SMILES string of the molecule is CCCCCCCCCCCCCCCCCCCc1n(CCCCCCCCC)cc[n+]1CCCCCCCCCCCCCCCC. The molecule has 290 valence electrons. The van der Waals surface area contributed by atoms with Crippen LogP contribution in [0, 0.1) is 0 Å². The highest BCUT2D eigenvalue weighted by atomic mass is 15.1. The van der Waals surface area contributed by atoms with E-state index in [4.69, 9.17) is 0 Å². The van der Waals surface area contributed by atoms with Gasteiger partial charge >= 0.3 is 0 Å². The number of rotatable bonds is 41. The van der Waals surface area contributed by atoms with E-state index in [2.05, 4.69) is 42.3 Å². The third-order valence-electron chi connectivity index (χ3n) is 11.3. The molecular formula is C47H93N2+. The van der Waals surface area contributed by atoms with Gasteiger partial charge in [0.05, 0.1) is 13.1 Å². The minimum atomic E-state index is 1.23. The predicted molar refractivity (Wildman–Crippen MR) is 221 cm³/mol. The van der Waals surface area contributed by atoms with Gasteiger partial charge in [0.25, 0.3) is 5.82 Å². The van der Waals surface area contributed by atoms with Gasteiger partial charge in [-0.2, -0.15) is 0 Å². The maximum Gasteiger partial charge on any atom is 0.256 e. The lowest BCUT2D eigenvalue weighted by Gasteiger charge is -2.07. The van der Waals surface area contributed by atoms with E-state index < -0.39 is 0 Å². The number of nitrogens with zero attached hydrogens (tertiary/aromatic N) is 2. The fourth-order valence-electron chi connectivity index (χ4n) is 7.92. The highest BCUT2D eigenvalue weighted by Crippen LogP contribution is 2.16. The van der Waals surface area contributed by atoms with Crippen LogP contribution in [0.15, 0.2) is 12.4 Å². The summed E-state index contributed by atoms with van der Waals surface area (Å²) in [5.74, 6) is 1.63. The van der Waals surface area contributed by atoms with Crippen molar-refractivity contribution < 1.29 is 4.57 Å². The first-order valence-corrected chi connectivity index (χ1v) is 23.4. The summed E-state index contributed by atoms with van der Waals surface area (Å²) in [7, 11) is 0. The average Bonchev–Trinajstić information content (AvgIpc) is 3.50. The highest BCUT2D eigenvalue weighted by Gasteiger charge is 2.16. The summed E-state index contributed by atoms with van der Waals surface area (Å²) in [6, 6.07) is 0. The summed E-state index contributed by atoms with van der Waals surface area (Å²) < 4.78 is 5.29. The summed E-state index contributed by atoms with van der Waals surface area (Å²) in [5.41, 5.74) is 0. The molecule has 0 aliphatic carbocycles. The van der Waals surface area contributed by atoms with Gasteiger partial charge in [-0.25, -0.2) is 9.13 Å². The summed E-state index contributed by atoms with van der Waals surface area (Å²) >= 11 is 0. The molecule has 2 nitrogen and oxygen atoms in total. The maximum atomic E-state index is 2.65. The second-order valence-electron chi connectivity index (χ2n) is 16.2. The van der Waals surface area contributed by atoms with Crippen molar-refractivity contribution in [3.63, 3.8) is 0 Å². The third-order valence-corrected chi connectivity index (χ3v) is 11.3. The molecule has 0 radical (unpaired) electrons. The molecule has 0 saturated carbocycles. The lowest BCUT2D eigenvalue weighted by atomic mass is 10.0. The lowest BCUT2D eigenvalue weighted by Crippen LogP contribution is -2.37. The predicted octanol–water partition coefficient (Wildman–Crippen LogP) is 16.2. The molecule has 1 rings (SSSR count). The van der Waals surface area contributed by atoms with Gasteiger partial charge in [0.2, 0.25) is 0 Å². The largest absolute Gasteiger partial charge is 0.256 e. The number of aryl methyl sites for hydroxylation is 2. The number of unbranched alkanes of at least 4 members (excludes halogenated alkanes) is 35. The van der Waals surface area contributed by atoms with Crippen LogP contribution in [0.4, 0.5) is 0 Å². The van der Waals surface area contributed by atoms with Crippen LogP contribution >= 0.6 is 0 Å². The first-order chi connectivity index (χ1) is 24.3. The smallest absolute Gasteiger partial charge is 0.234 e. The number of hydrogen-bond acceptors (Lipinski definition) is 0. The van der Waals surface area contributed by atoms with Crippen LogP contribution in [-0.4, -0.2) is 4.57 Å². The minimum Gasteiger partial charge on any atom is -0.234 e. The van der Waals surface area contributed by atoms with E-state index in [1.807, 2.05) is 0 Å². The van der Waals surface area contributed by atoms with Crippen LogP contribution in [0.1, 0.15) is 271 Å². The fourth-order valence-corrected chi connectivity index (χ4v) is 7.92. The molecule has 0 bridgehead atoms. The number of hydrogen-bond donors (Lipinski definition) is 0. The van der Waals surface area contributed by atoms with E-state index in [1.165, 1.54) is 264 Å². The van der Waals surface area contributed by atoms with Crippen LogP contribution in [0.5, 0.6) is 0 Å². The van der Waals surface area contributed by atoms with Crippen molar-refractivity contribution >= 4 is 0 Å². The van der Waals surface area contributed by atoms with E-state index >= 15 is 0 Å². The molecular weight excluding hydrogens is 593 g/mol. The van der Waals surface area contributed by atoms with E-state index in [-0.39, 0.29) is 0 Å². The van der Waals surface area contributed by atoms with Gasteiger partial charge in [-0.3, -0.25) is 0 Å². The summed E-state index contributed by atoms with van der Waals surface area (Å²) in [6.45, 7) is 9.41. The minimum absolute atomic E-state index is 1.23. The van der Waals surface area contributed by atoms with Crippen molar-refractivity contribution in [1.82, 2.24) is 4.57 Å². The Kier molecular flexibility index (Phi) is 36.3. The molecule has 0 spiro atoms. The number of imidazole rings is 1. The van der Waals surface area contributed by atoms with Gasteiger partial charge < -0.3 is 0 Å². The molecule has 2 heteroatoms. The van der Waals surface area contributed by atoms with Gasteiger partial charge in [-0.15, -0.1) is 0 Å². The first-order valence-electron chi connectivity index (χ1n) is 23.4. The van der Waals surface area contributed by atoms with Crippen molar-refractivity contribution in [2.75, 3.05) is 0 Å². The summed E-state index contributed by atoms with van der Waals surface area (Å²) in [6.07, 6.45) is 60.8. The molecule has 1 aromatic rings. The Morgan fingerprint density at radius 2 is 0.633 bits per heavy atom. The second-order valence-corrected chi connectivity index (χ2v) is 16.2. The van der Waals surface area contributed by atoms with Crippen molar-refractivity contribution in [1.29, 1.82) is 0 Å². The second kappa shape index (κ2) is 38.4. The zero-order chi connectivity index (χ0) is 35.1. The first kappa shape index (κ1) is 46.2. The van der Waals surface area contributed by atoms with Crippen LogP contribution in [0.3, 0.4) is 0 Å². The average molecular weight is 686 g/mol. The van der Waals surface area contributed by atoms with Crippen LogP contribution in [0.25, 0.3) is 0 Å². The maximum absolute atomic E-state index is 2.65. The molecule has 1 heterocycles. The lowest BCUT2D eigenvalue weighted by molar-refractivity contribution is -0.704.